The zero-order valence-corrected chi connectivity index (χ0v) is 12.6. The SMILES string of the molecule is Cc1cc(N2CCC(F)(F)CC2)nc(C2CCCN2C)n1. The summed E-state index contributed by atoms with van der Waals surface area (Å²) in [5.74, 6) is -0.886. The molecule has 1 aromatic rings. The number of piperidine rings is 1. The van der Waals surface area contributed by atoms with E-state index in [2.05, 4.69) is 21.9 Å². The van der Waals surface area contributed by atoms with Crippen molar-refractivity contribution in [2.75, 3.05) is 31.6 Å². The third kappa shape index (κ3) is 3.15. The highest BCUT2D eigenvalue weighted by atomic mass is 19.3. The van der Waals surface area contributed by atoms with Crippen LogP contribution < -0.4 is 4.90 Å². The lowest BCUT2D eigenvalue weighted by Gasteiger charge is -2.33. The summed E-state index contributed by atoms with van der Waals surface area (Å²) in [5.41, 5.74) is 0.910. The van der Waals surface area contributed by atoms with Gasteiger partial charge in [-0.25, -0.2) is 18.7 Å². The molecule has 2 aliphatic rings. The molecule has 1 unspecified atom stereocenters. The summed E-state index contributed by atoms with van der Waals surface area (Å²) in [4.78, 5) is 13.5. The Hall–Kier alpha value is -1.30. The average molecular weight is 296 g/mol. The molecule has 21 heavy (non-hydrogen) atoms. The molecule has 0 bridgehead atoms. The second kappa shape index (κ2) is 5.48. The highest BCUT2D eigenvalue weighted by molar-refractivity contribution is 5.40. The van der Waals surface area contributed by atoms with Crippen molar-refractivity contribution >= 4 is 5.82 Å². The van der Waals surface area contributed by atoms with E-state index in [1.54, 1.807) is 0 Å². The van der Waals surface area contributed by atoms with Gasteiger partial charge in [-0.2, -0.15) is 0 Å². The van der Waals surface area contributed by atoms with Crippen LogP contribution in [-0.4, -0.2) is 47.5 Å². The van der Waals surface area contributed by atoms with Crippen molar-refractivity contribution in [1.29, 1.82) is 0 Å². The molecule has 0 saturated carbocycles. The fourth-order valence-corrected chi connectivity index (χ4v) is 3.18. The summed E-state index contributed by atoms with van der Waals surface area (Å²) >= 11 is 0. The van der Waals surface area contributed by atoms with E-state index in [4.69, 9.17) is 0 Å². The van der Waals surface area contributed by atoms with Crippen molar-refractivity contribution in [3.05, 3.63) is 17.6 Å². The lowest BCUT2D eigenvalue weighted by atomic mass is 10.1. The number of nitrogens with zero attached hydrogens (tertiary/aromatic N) is 4. The maximum absolute atomic E-state index is 13.3. The van der Waals surface area contributed by atoms with Crippen LogP contribution in [0, 0.1) is 6.92 Å². The van der Waals surface area contributed by atoms with Crippen molar-refractivity contribution in [2.45, 2.75) is 44.6 Å². The number of anilines is 1. The van der Waals surface area contributed by atoms with Gasteiger partial charge < -0.3 is 4.90 Å². The number of rotatable bonds is 2. The van der Waals surface area contributed by atoms with Crippen LogP contribution in [0.4, 0.5) is 14.6 Å². The molecule has 2 fully saturated rings. The van der Waals surface area contributed by atoms with Crippen molar-refractivity contribution in [1.82, 2.24) is 14.9 Å². The van der Waals surface area contributed by atoms with Gasteiger partial charge >= 0.3 is 0 Å². The highest BCUT2D eigenvalue weighted by Gasteiger charge is 2.35. The van der Waals surface area contributed by atoms with Crippen LogP contribution in [0.25, 0.3) is 0 Å². The van der Waals surface area contributed by atoms with Gasteiger partial charge in [-0.15, -0.1) is 0 Å². The molecule has 0 aromatic carbocycles. The average Bonchev–Trinajstić information content (AvgIpc) is 2.84. The van der Waals surface area contributed by atoms with Gasteiger partial charge in [0.1, 0.15) is 11.6 Å². The number of aryl methyl sites for hydroxylation is 1. The summed E-state index contributed by atoms with van der Waals surface area (Å²) in [6.07, 6.45) is 2.05. The lowest BCUT2D eigenvalue weighted by molar-refractivity contribution is -0.0221. The fourth-order valence-electron chi connectivity index (χ4n) is 3.18. The second-order valence-electron chi connectivity index (χ2n) is 6.21. The Balaban J connectivity index is 1.81. The largest absolute Gasteiger partial charge is 0.356 e. The first-order chi connectivity index (χ1) is 9.94. The van der Waals surface area contributed by atoms with Gasteiger partial charge in [0, 0.05) is 37.7 Å². The zero-order chi connectivity index (χ0) is 15.0. The molecule has 1 atom stereocenters. The van der Waals surface area contributed by atoms with E-state index in [0.717, 1.165) is 36.7 Å². The minimum atomic E-state index is -2.52. The summed E-state index contributed by atoms with van der Waals surface area (Å²) in [7, 11) is 2.09. The van der Waals surface area contributed by atoms with E-state index in [-0.39, 0.29) is 18.9 Å². The fraction of sp³-hybridized carbons (Fsp3) is 0.733. The van der Waals surface area contributed by atoms with E-state index >= 15 is 0 Å². The Morgan fingerprint density at radius 1 is 1.19 bits per heavy atom. The standard InChI is InChI=1S/C15H22F2N4/c1-11-10-13(21-8-5-15(16,17)6-9-21)19-14(18-11)12-4-3-7-20(12)2/h10,12H,3-9H2,1-2H3. The molecule has 1 aromatic heterocycles. The predicted octanol–water partition coefficient (Wildman–Crippen LogP) is 2.79. The molecular formula is C15H22F2N4. The molecule has 116 valence electrons. The molecule has 4 nitrogen and oxygen atoms in total. The van der Waals surface area contributed by atoms with Crippen LogP contribution in [-0.2, 0) is 0 Å². The van der Waals surface area contributed by atoms with Crippen LogP contribution >= 0.6 is 0 Å². The minimum absolute atomic E-state index is 0.0886. The summed E-state index contributed by atoms with van der Waals surface area (Å²) in [5, 5.41) is 0. The maximum atomic E-state index is 13.3. The van der Waals surface area contributed by atoms with Crippen molar-refractivity contribution < 1.29 is 8.78 Å². The minimum Gasteiger partial charge on any atom is -0.356 e. The number of alkyl halides is 2. The van der Waals surface area contributed by atoms with Crippen LogP contribution in [0.5, 0.6) is 0 Å². The van der Waals surface area contributed by atoms with Gasteiger partial charge in [-0.1, -0.05) is 0 Å². The van der Waals surface area contributed by atoms with Crippen molar-refractivity contribution in [2.24, 2.45) is 0 Å². The smallest absolute Gasteiger partial charge is 0.251 e. The number of hydrogen-bond acceptors (Lipinski definition) is 4. The molecule has 0 spiro atoms. The molecule has 0 aliphatic carbocycles. The highest BCUT2D eigenvalue weighted by Crippen LogP contribution is 2.32. The Morgan fingerprint density at radius 2 is 1.90 bits per heavy atom. The van der Waals surface area contributed by atoms with Crippen LogP contribution in [0.3, 0.4) is 0 Å². The second-order valence-corrected chi connectivity index (χ2v) is 6.21. The van der Waals surface area contributed by atoms with Gasteiger partial charge in [-0.3, -0.25) is 4.90 Å². The quantitative estimate of drug-likeness (QED) is 0.840. The number of likely N-dealkylation sites (tertiary alicyclic amines) is 1. The lowest BCUT2D eigenvalue weighted by Crippen LogP contribution is -2.40. The molecule has 3 rings (SSSR count). The summed E-state index contributed by atoms with van der Waals surface area (Å²) in [6.45, 7) is 3.74. The van der Waals surface area contributed by atoms with E-state index < -0.39 is 5.92 Å². The Bertz CT molecular complexity index is 510. The van der Waals surface area contributed by atoms with E-state index in [1.165, 1.54) is 0 Å². The number of aromatic nitrogens is 2. The first-order valence-electron chi connectivity index (χ1n) is 7.63. The first-order valence-corrected chi connectivity index (χ1v) is 7.63. The van der Waals surface area contributed by atoms with E-state index in [9.17, 15) is 8.78 Å². The maximum Gasteiger partial charge on any atom is 0.251 e. The van der Waals surface area contributed by atoms with Crippen molar-refractivity contribution in [3.63, 3.8) is 0 Å². The van der Waals surface area contributed by atoms with Crippen LogP contribution in [0.1, 0.15) is 43.2 Å². The topological polar surface area (TPSA) is 32.3 Å². The summed E-state index contributed by atoms with van der Waals surface area (Å²) in [6, 6.07) is 2.16. The molecule has 0 radical (unpaired) electrons. The van der Waals surface area contributed by atoms with Gasteiger partial charge in [0.05, 0.1) is 6.04 Å². The van der Waals surface area contributed by atoms with Gasteiger partial charge in [-0.05, 0) is 33.4 Å². The molecular weight excluding hydrogens is 274 g/mol. The number of hydrogen-bond donors (Lipinski definition) is 0. The molecule has 2 aliphatic heterocycles. The molecule has 6 heteroatoms. The molecule has 3 heterocycles. The zero-order valence-electron chi connectivity index (χ0n) is 12.6. The van der Waals surface area contributed by atoms with Crippen molar-refractivity contribution in [3.8, 4) is 0 Å². The monoisotopic (exact) mass is 296 g/mol. The van der Waals surface area contributed by atoms with Crippen LogP contribution in [0.15, 0.2) is 6.07 Å². The Kier molecular flexibility index (Phi) is 3.82. The normalized spacial score (nSPS) is 26.3. The Labute approximate surface area is 124 Å². The van der Waals surface area contributed by atoms with E-state index in [1.807, 2.05) is 17.9 Å². The van der Waals surface area contributed by atoms with E-state index in [0.29, 0.717) is 13.1 Å². The molecule has 2 saturated heterocycles. The summed E-state index contributed by atoms with van der Waals surface area (Å²) < 4.78 is 26.6. The van der Waals surface area contributed by atoms with Gasteiger partial charge in [0.2, 0.25) is 0 Å². The van der Waals surface area contributed by atoms with Gasteiger partial charge in [0.15, 0.2) is 0 Å². The third-order valence-electron chi connectivity index (χ3n) is 4.50. The third-order valence-corrected chi connectivity index (χ3v) is 4.50. The number of halogens is 2. The predicted molar refractivity (Wildman–Crippen MR) is 77.8 cm³/mol. The Morgan fingerprint density at radius 3 is 2.52 bits per heavy atom. The first kappa shape index (κ1) is 14.6. The molecule has 0 N–H and O–H groups in total. The van der Waals surface area contributed by atoms with Crippen LogP contribution in [0.2, 0.25) is 0 Å². The van der Waals surface area contributed by atoms with Gasteiger partial charge in [0.25, 0.3) is 5.92 Å². The molecule has 0 amide bonds.